The molecule has 5 nitrogen and oxygen atoms in total. The van der Waals surface area contributed by atoms with Crippen LogP contribution in [-0.4, -0.2) is 59.6 Å². The van der Waals surface area contributed by atoms with Crippen LogP contribution in [0.15, 0.2) is 12.2 Å². The third-order valence-electron chi connectivity index (χ3n) is 3.66. The van der Waals surface area contributed by atoms with Gasteiger partial charge in [0.2, 0.25) is 0 Å². The Morgan fingerprint density at radius 2 is 1.90 bits per heavy atom. The minimum absolute atomic E-state index is 0.0628. The lowest BCUT2D eigenvalue weighted by Crippen LogP contribution is -2.40. The molecule has 1 aliphatic rings. The van der Waals surface area contributed by atoms with Crippen LogP contribution in [0.2, 0.25) is 0 Å². The maximum absolute atomic E-state index is 9.83. The Bertz CT molecular complexity index is 282. The summed E-state index contributed by atoms with van der Waals surface area (Å²) in [6, 6.07) is 0. The molecular weight excluding hydrogens is 272 g/mol. The number of aliphatic hydroxyl groups excluding tert-OH is 3. The Labute approximate surface area is 127 Å². The number of hydrogen-bond donors (Lipinski definition) is 3. The highest BCUT2D eigenvalue weighted by molar-refractivity contribution is 4.87. The molecular formula is C16H30O5. The molecule has 0 amide bonds. The summed E-state index contributed by atoms with van der Waals surface area (Å²) in [5.74, 6) is 0. The Hall–Kier alpha value is -0.460. The minimum Gasteiger partial charge on any atom is -0.388 e. The summed E-state index contributed by atoms with van der Waals surface area (Å²) in [7, 11) is 0. The molecule has 0 aromatic rings. The van der Waals surface area contributed by atoms with Crippen molar-refractivity contribution in [1.29, 1.82) is 0 Å². The first-order valence-corrected chi connectivity index (χ1v) is 8.05. The van der Waals surface area contributed by atoms with Gasteiger partial charge in [-0.3, -0.25) is 0 Å². The summed E-state index contributed by atoms with van der Waals surface area (Å²) >= 11 is 0. The first-order valence-electron chi connectivity index (χ1n) is 8.05. The highest BCUT2D eigenvalue weighted by Gasteiger charge is 2.39. The van der Waals surface area contributed by atoms with Gasteiger partial charge in [0.1, 0.15) is 24.4 Å². The van der Waals surface area contributed by atoms with Crippen molar-refractivity contribution in [2.45, 2.75) is 69.9 Å². The third-order valence-corrected chi connectivity index (χ3v) is 3.66. The van der Waals surface area contributed by atoms with Crippen LogP contribution in [0, 0.1) is 0 Å². The van der Waals surface area contributed by atoms with Crippen LogP contribution in [0.5, 0.6) is 0 Å². The number of unbranched alkanes of at least 4 members (excludes halogenated alkanes) is 4. The largest absolute Gasteiger partial charge is 0.388 e. The van der Waals surface area contributed by atoms with Crippen molar-refractivity contribution >= 4 is 0 Å². The van der Waals surface area contributed by atoms with Gasteiger partial charge in [0.05, 0.1) is 13.2 Å². The van der Waals surface area contributed by atoms with Crippen LogP contribution in [-0.2, 0) is 9.47 Å². The lowest BCUT2D eigenvalue weighted by Gasteiger charge is -2.20. The standard InChI is InChI=1S/C16H30O5/c1-2-3-4-5-6-7-8-9-10-20-11-14(18)16-15(19)13(17)12-21-16/h5-6,13-19H,2-4,7-12H2,1H3/b6-5+/t13-,14+,15+,16+/m0/s1. The average Bonchev–Trinajstić information content (AvgIpc) is 2.81. The minimum atomic E-state index is -1.03. The topological polar surface area (TPSA) is 79.2 Å². The molecule has 5 heteroatoms. The number of ether oxygens (including phenoxy) is 2. The second-order valence-electron chi connectivity index (χ2n) is 5.61. The Kier molecular flexibility index (Phi) is 9.87. The van der Waals surface area contributed by atoms with Gasteiger partial charge in [-0.25, -0.2) is 0 Å². The normalized spacial score (nSPS) is 27.5. The molecule has 0 radical (unpaired) electrons. The molecule has 0 aromatic heterocycles. The number of hydrogen-bond acceptors (Lipinski definition) is 5. The molecule has 1 fully saturated rings. The summed E-state index contributed by atoms with van der Waals surface area (Å²) in [5, 5.41) is 28.7. The molecule has 0 aromatic carbocycles. The van der Waals surface area contributed by atoms with Crippen LogP contribution in [0.25, 0.3) is 0 Å². The fourth-order valence-electron chi connectivity index (χ4n) is 2.29. The quantitative estimate of drug-likeness (QED) is 0.397. The SMILES string of the molecule is CCCC/C=C/CCCCOC[C@@H](O)[C@H]1OC[C@H](O)[C@H]1O. The van der Waals surface area contributed by atoms with Gasteiger partial charge >= 0.3 is 0 Å². The van der Waals surface area contributed by atoms with Crippen molar-refractivity contribution in [1.82, 2.24) is 0 Å². The van der Waals surface area contributed by atoms with Crippen molar-refractivity contribution in [2.75, 3.05) is 19.8 Å². The molecule has 1 heterocycles. The molecule has 1 saturated heterocycles. The molecule has 21 heavy (non-hydrogen) atoms. The third kappa shape index (κ3) is 7.38. The van der Waals surface area contributed by atoms with Gasteiger partial charge in [-0.05, 0) is 25.7 Å². The van der Waals surface area contributed by atoms with Crippen LogP contribution in [0.3, 0.4) is 0 Å². The maximum Gasteiger partial charge on any atom is 0.114 e. The van der Waals surface area contributed by atoms with Gasteiger partial charge in [-0.15, -0.1) is 0 Å². The van der Waals surface area contributed by atoms with Gasteiger partial charge in [0.15, 0.2) is 0 Å². The van der Waals surface area contributed by atoms with Gasteiger partial charge in [0.25, 0.3) is 0 Å². The van der Waals surface area contributed by atoms with Crippen LogP contribution in [0.1, 0.15) is 45.4 Å². The number of rotatable bonds is 11. The van der Waals surface area contributed by atoms with E-state index in [4.69, 9.17) is 9.47 Å². The second kappa shape index (κ2) is 11.2. The number of aliphatic hydroxyl groups is 3. The van der Waals surface area contributed by atoms with Crippen molar-refractivity contribution in [3.8, 4) is 0 Å². The Morgan fingerprint density at radius 3 is 2.52 bits per heavy atom. The van der Waals surface area contributed by atoms with E-state index in [1.807, 2.05) is 0 Å². The molecule has 0 spiro atoms. The van der Waals surface area contributed by atoms with Crippen molar-refractivity contribution in [3.63, 3.8) is 0 Å². The van der Waals surface area contributed by atoms with Crippen LogP contribution < -0.4 is 0 Å². The van der Waals surface area contributed by atoms with Crippen LogP contribution in [0.4, 0.5) is 0 Å². The van der Waals surface area contributed by atoms with E-state index in [0.717, 1.165) is 25.7 Å². The lowest BCUT2D eigenvalue weighted by molar-refractivity contribution is -0.0813. The average molecular weight is 302 g/mol. The van der Waals surface area contributed by atoms with Gasteiger partial charge in [-0.2, -0.15) is 0 Å². The van der Waals surface area contributed by atoms with E-state index in [0.29, 0.717) is 6.61 Å². The predicted octanol–water partition coefficient (Wildman–Crippen LogP) is 1.40. The summed E-state index contributed by atoms with van der Waals surface area (Å²) in [6.45, 7) is 2.97. The Balaban J connectivity index is 1.95. The fraction of sp³-hybridized carbons (Fsp3) is 0.875. The van der Waals surface area contributed by atoms with Crippen molar-refractivity contribution < 1.29 is 24.8 Å². The highest BCUT2D eigenvalue weighted by atomic mass is 16.5. The van der Waals surface area contributed by atoms with E-state index in [1.165, 1.54) is 12.8 Å². The molecule has 1 rings (SSSR count). The first-order chi connectivity index (χ1) is 10.2. The second-order valence-corrected chi connectivity index (χ2v) is 5.61. The fourth-order valence-corrected chi connectivity index (χ4v) is 2.29. The van der Waals surface area contributed by atoms with Gasteiger partial charge in [-0.1, -0.05) is 31.9 Å². The molecule has 0 bridgehead atoms. The zero-order chi connectivity index (χ0) is 15.5. The summed E-state index contributed by atoms with van der Waals surface area (Å²) in [6.07, 6.45) is 7.58. The van der Waals surface area contributed by atoms with Gasteiger partial charge < -0.3 is 24.8 Å². The maximum atomic E-state index is 9.83. The van der Waals surface area contributed by atoms with Crippen LogP contribution >= 0.6 is 0 Å². The molecule has 1 aliphatic heterocycles. The van der Waals surface area contributed by atoms with E-state index >= 15 is 0 Å². The smallest absolute Gasteiger partial charge is 0.114 e. The molecule has 0 aliphatic carbocycles. The summed E-state index contributed by atoms with van der Waals surface area (Å²) in [4.78, 5) is 0. The molecule has 0 saturated carbocycles. The van der Waals surface area contributed by atoms with E-state index in [2.05, 4.69) is 19.1 Å². The molecule has 124 valence electrons. The van der Waals surface area contributed by atoms with E-state index in [1.54, 1.807) is 0 Å². The summed E-state index contributed by atoms with van der Waals surface area (Å²) in [5.41, 5.74) is 0. The molecule has 4 atom stereocenters. The van der Waals surface area contributed by atoms with E-state index in [-0.39, 0.29) is 13.2 Å². The van der Waals surface area contributed by atoms with Gasteiger partial charge in [0, 0.05) is 6.61 Å². The van der Waals surface area contributed by atoms with Crippen molar-refractivity contribution in [2.24, 2.45) is 0 Å². The highest BCUT2D eigenvalue weighted by Crippen LogP contribution is 2.17. The number of allylic oxidation sites excluding steroid dienone is 2. The molecule has 3 N–H and O–H groups in total. The predicted molar refractivity (Wildman–Crippen MR) is 81.1 cm³/mol. The lowest BCUT2D eigenvalue weighted by atomic mass is 10.1. The summed E-state index contributed by atoms with van der Waals surface area (Å²) < 4.78 is 10.5. The van der Waals surface area contributed by atoms with E-state index in [9.17, 15) is 15.3 Å². The Morgan fingerprint density at radius 1 is 1.19 bits per heavy atom. The monoisotopic (exact) mass is 302 g/mol. The zero-order valence-electron chi connectivity index (χ0n) is 13.0. The molecule has 0 unspecified atom stereocenters. The van der Waals surface area contributed by atoms with E-state index < -0.39 is 24.4 Å². The first kappa shape index (κ1) is 18.6. The van der Waals surface area contributed by atoms with Crippen molar-refractivity contribution in [3.05, 3.63) is 12.2 Å². The zero-order valence-corrected chi connectivity index (χ0v) is 13.0.